The van der Waals surface area contributed by atoms with E-state index >= 15 is 0 Å². The molecule has 0 bridgehead atoms. The number of nitrogens with zero attached hydrogens (tertiary/aromatic N) is 2. The highest BCUT2D eigenvalue weighted by Gasteiger charge is 2.32. The fourth-order valence-electron chi connectivity index (χ4n) is 3.29. The van der Waals surface area contributed by atoms with Gasteiger partial charge in [-0.25, -0.2) is 4.98 Å². The van der Waals surface area contributed by atoms with Gasteiger partial charge in [-0.3, -0.25) is 9.59 Å². The monoisotopic (exact) mass is 416 g/mol. The summed E-state index contributed by atoms with van der Waals surface area (Å²) in [6, 6.07) is 2.22. The number of fused-ring (bicyclic) bond motifs is 1. The molecule has 1 aliphatic carbocycles. The lowest BCUT2D eigenvalue weighted by molar-refractivity contribution is -0.153. The van der Waals surface area contributed by atoms with Crippen LogP contribution in [0, 0.1) is 5.41 Å². The molecule has 2 aromatic rings. The number of aromatic nitrogens is 2. The number of pyridine rings is 1. The van der Waals surface area contributed by atoms with E-state index in [1.165, 1.54) is 18.4 Å². The maximum Gasteiger partial charge on any atom is 0.311 e. The summed E-state index contributed by atoms with van der Waals surface area (Å²) < 4.78 is 7.36. The Morgan fingerprint density at radius 3 is 2.67 bits per heavy atom. The Morgan fingerprint density at radius 1 is 1.43 bits per heavy atom. The predicted octanol–water partition coefficient (Wildman–Crippen LogP) is 2.95. The molecular weight excluding hydrogens is 384 g/mol. The third-order valence-electron chi connectivity index (χ3n) is 4.82. The summed E-state index contributed by atoms with van der Waals surface area (Å²) in [5.41, 5.74) is 10.1. The molecule has 30 heavy (non-hydrogen) atoms. The standard InChI is InChI=1S/C21H30N4O2.CH2O2/c1-5-27-20(26)21(3,4)9-16-8-17(15-6-7-15)12-25-13-18(24-19(16)25)11-23-10-14(2)22;2-1-3/h8,10,12-13,15,23H,5-7,9,11,22H2,1-4H3;1H,(H,2,3)/b14-10-;. The van der Waals surface area contributed by atoms with Crippen LogP contribution in [0.4, 0.5) is 0 Å². The molecule has 0 atom stereocenters. The fraction of sp³-hybridized carbons (Fsp3) is 0.500. The van der Waals surface area contributed by atoms with Crippen LogP contribution in [0.1, 0.15) is 63.3 Å². The minimum absolute atomic E-state index is 0.169. The molecule has 0 aromatic carbocycles. The minimum atomic E-state index is -0.595. The van der Waals surface area contributed by atoms with Gasteiger partial charge in [0.25, 0.3) is 6.47 Å². The van der Waals surface area contributed by atoms with Crippen LogP contribution in [-0.4, -0.2) is 33.5 Å². The molecule has 0 spiro atoms. The highest BCUT2D eigenvalue weighted by molar-refractivity contribution is 5.76. The number of ether oxygens (including phenoxy) is 1. The van der Waals surface area contributed by atoms with Crippen molar-refractivity contribution < 1.29 is 19.4 Å². The van der Waals surface area contributed by atoms with E-state index in [9.17, 15) is 4.79 Å². The number of hydrogen-bond donors (Lipinski definition) is 3. The Morgan fingerprint density at radius 2 is 2.10 bits per heavy atom. The van der Waals surface area contributed by atoms with Crippen LogP contribution in [0.5, 0.6) is 0 Å². The van der Waals surface area contributed by atoms with Crippen molar-refractivity contribution in [2.75, 3.05) is 6.61 Å². The number of carbonyl (C=O) groups excluding carboxylic acids is 1. The normalized spacial score (nSPS) is 14.1. The van der Waals surface area contributed by atoms with E-state index in [1.54, 1.807) is 6.20 Å². The SMILES string of the molecule is CCOC(=O)C(C)(C)Cc1cc(C2CC2)cn2cc(CN/C=C(/C)N)nc12.O=CO. The third kappa shape index (κ3) is 6.23. The van der Waals surface area contributed by atoms with E-state index in [-0.39, 0.29) is 12.4 Å². The second-order valence-electron chi connectivity index (χ2n) is 8.19. The fourth-order valence-corrected chi connectivity index (χ4v) is 3.29. The molecule has 4 N–H and O–H groups in total. The molecule has 0 unspecified atom stereocenters. The molecular formula is C22H32N4O4. The van der Waals surface area contributed by atoms with Crippen LogP contribution in [0.15, 0.2) is 30.4 Å². The van der Waals surface area contributed by atoms with Gasteiger partial charge >= 0.3 is 5.97 Å². The van der Waals surface area contributed by atoms with E-state index in [0.29, 0.717) is 25.5 Å². The van der Waals surface area contributed by atoms with Gasteiger partial charge in [-0.1, -0.05) is 6.07 Å². The first kappa shape index (κ1) is 23.3. The van der Waals surface area contributed by atoms with Gasteiger partial charge in [-0.2, -0.15) is 0 Å². The van der Waals surface area contributed by atoms with E-state index in [0.717, 1.165) is 22.6 Å². The van der Waals surface area contributed by atoms with Crippen molar-refractivity contribution in [1.29, 1.82) is 0 Å². The first-order valence-electron chi connectivity index (χ1n) is 10.1. The van der Waals surface area contributed by atoms with Crippen molar-refractivity contribution in [1.82, 2.24) is 14.7 Å². The van der Waals surface area contributed by atoms with Crippen LogP contribution in [0.25, 0.3) is 5.65 Å². The van der Waals surface area contributed by atoms with Crippen molar-refractivity contribution >= 4 is 18.1 Å². The first-order chi connectivity index (χ1) is 14.2. The summed E-state index contributed by atoms with van der Waals surface area (Å²) >= 11 is 0. The summed E-state index contributed by atoms with van der Waals surface area (Å²) in [5.74, 6) is 0.461. The van der Waals surface area contributed by atoms with Crippen molar-refractivity contribution in [2.45, 2.75) is 59.4 Å². The topological polar surface area (TPSA) is 119 Å². The molecule has 0 saturated heterocycles. The van der Waals surface area contributed by atoms with E-state index in [2.05, 4.69) is 28.2 Å². The van der Waals surface area contributed by atoms with Gasteiger partial charge in [0.05, 0.1) is 24.3 Å². The van der Waals surface area contributed by atoms with Crippen molar-refractivity contribution in [3.63, 3.8) is 0 Å². The molecule has 8 nitrogen and oxygen atoms in total. The Bertz CT molecular complexity index is 909. The summed E-state index contributed by atoms with van der Waals surface area (Å²) in [6.45, 7) is 8.30. The number of hydrogen-bond acceptors (Lipinski definition) is 6. The number of carboxylic acid groups (broad SMARTS) is 1. The van der Waals surface area contributed by atoms with Crippen LogP contribution in [-0.2, 0) is 27.3 Å². The summed E-state index contributed by atoms with van der Waals surface area (Å²) in [5, 5.41) is 10.1. The molecule has 1 aliphatic rings. The van der Waals surface area contributed by atoms with Crippen LogP contribution in [0.2, 0.25) is 0 Å². The largest absolute Gasteiger partial charge is 0.483 e. The van der Waals surface area contributed by atoms with E-state index in [1.807, 2.05) is 27.7 Å². The van der Waals surface area contributed by atoms with E-state index < -0.39 is 5.41 Å². The van der Waals surface area contributed by atoms with Crippen LogP contribution in [0.3, 0.4) is 0 Å². The zero-order valence-electron chi connectivity index (χ0n) is 18.1. The van der Waals surface area contributed by atoms with Gasteiger partial charge in [0.15, 0.2) is 0 Å². The Hall–Kier alpha value is -3.03. The summed E-state index contributed by atoms with van der Waals surface area (Å²) in [6.07, 6.45) is 9.07. The molecule has 164 valence electrons. The van der Waals surface area contributed by atoms with Gasteiger partial charge in [0.2, 0.25) is 0 Å². The lowest BCUT2D eigenvalue weighted by Gasteiger charge is -2.23. The lowest BCUT2D eigenvalue weighted by atomic mass is 9.85. The van der Waals surface area contributed by atoms with Gasteiger partial charge < -0.3 is 25.3 Å². The van der Waals surface area contributed by atoms with Gasteiger partial charge in [0, 0.05) is 24.3 Å². The second kappa shape index (κ2) is 10.1. The maximum atomic E-state index is 12.4. The molecule has 0 amide bonds. The quantitative estimate of drug-likeness (QED) is 0.447. The average molecular weight is 417 g/mol. The molecule has 2 heterocycles. The van der Waals surface area contributed by atoms with Crippen molar-refractivity contribution in [3.8, 4) is 0 Å². The minimum Gasteiger partial charge on any atom is -0.483 e. The number of allylic oxidation sites excluding steroid dienone is 1. The number of imidazole rings is 1. The third-order valence-corrected chi connectivity index (χ3v) is 4.82. The van der Waals surface area contributed by atoms with Crippen molar-refractivity contribution in [2.24, 2.45) is 11.1 Å². The smallest absolute Gasteiger partial charge is 0.311 e. The number of nitrogens with two attached hydrogens (primary N) is 1. The molecule has 2 aromatic heterocycles. The summed E-state index contributed by atoms with van der Waals surface area (Å²) in [4.78, 5) is 25.5. The zero-order chi connectivity index (χ0) is 22.3. The molecule has 0 radical (unpaired) electrons. The average Bonchev–Trinajstić information content (AvgIpc) is 3.42. The highest BCUT2D eigenvalue weighted by Crippen LogP contribution is 2.41. The number of esters is 1. The van der Waals surface area contributed by atoms with Crippen LogP contribution >= 0.6 is 0 Å². The Kier molecular flexibility index (Phi) is 7.86. The summed E-state index contributed by atoms with van der Waals surface area (Å²) in [7, 11) is 0. The molecule has 1 fully saturated rings. The molecule has 0 aliphatic heterocycles. The Balaban J connectivity index is 0.00000101. The maximum absolute atomic E-state index is 12.4. The molecule has 1 saturated carbocycles. The Labute approximate surface area is 177 Å². The predicted molar refractivity (Wildman–Crippen MR) is 115 cm³/mol. The zero-order valence-corrected chi connectivity index (χ0v) is 18.1. The van der Waals surface area contributed by atoms with E-state index in [4.69, 9.17) is 25.4 Å². The van der Waals surface area contributed by atoms with Crippen molar-refractivity contribution in [3.05, 3.63) is 47.2 Å². The second-order valence-corrected chi connectivity index (χ2v) is 8.19. The number of carbonyl (C=O) groups is 2. The first-order valence-corrected chi connectivity index (χ1v) is 10.1. The van der Waals surface area contributed by atoms with Gasteiger partial charge in [-0.15, -0.1) is 0 Å². The lowest BCUT2D eigenvalue weighted by Crippen LogP contribution is -2.29. The van der Waals surface area contributed by atoms with Gasteiger partial charge in [0.1, 0.15) is 5.65 Å². The molecule has 3 rings (SSSR count). The number of nitrogens with one attached hydrogen (secondary N) is 1. The number of rotatable bonds is 8. The highest BCUT2D eigenvalue weighted by atomic mass is 16.5. The van der Waals surface area contributed by atoms with Crippen LogP contribution < -0.4 is 11.1 Å². The molecule has 8 heteroatoms. The van der Waals surface area contributed by atoms with Gasteiger partial charge in [-0.05, 0) is 64.0 Å².